The van der Waals surface area contributed by atoms with Gasteiger partial charge in [-0.25, -0.2) is 0 Å². The summed E-state index contributed by atoms with van der Waals surface area (Å²) in [7, 11) is 0. The number of aromatic nitrogens is 1. The zero-order valence-corrected chi connectivity index (χ0v) is 10.6. The van der Waals surface area contributed by atoms with Crippen LogP contribution in [0, 0.1) is 0 Å². The smallest absolute Gasteiger partial charge is 0.258 e. The fourth-order valence-corrected chi connectivity index (χ4v) is 3.03. The molecule has 0 aliphatic carbocycles. The highest BCUT2D eigenvalue weighted by Crippen LogP contribution is 2.32. The number of hydrogen-bond acceptors (Lipinski definition) is 5. The number of pyridine rings is 1. The van der Waals surface area contributed by atoms with Crippen LogP contribution in [0.3, 0.4) is 0 Å². The monoisotopic (exact) mass is 263 g/mol. The average molecular weight is 263 g/mol. The molecule has 1 aliphatic rings. The van der Waals surface area contributed by atoms with Gasteiger partial charge >= 0.3 is 0 Å². The molecule has 0 unspecified atom stereocenters. The van der Waals surface area contributed by atoms with Crippen molar-refractivity contribution < 1.29 is 9.53 Å². The van der Waals surface area contributed by atoms with Crippen molar-refractivity contribution in [2.45, 2.75) is 0 Å². The third-order valence-electron chi connectivity index (χ3n) is 3.02. The van der Waals surface area contributed by atoms with Crippen molar-refractivity contribution in [3.8, 4) is 0 Å². The minimum atomic E-state index is -0.385. The number of thiophene rings is 1. The van der Waals surface area contributed by atoms with E-state index in [1.54, 1.807) is 6.20 Å². The minimum Gasteiger partial charge on any atom is -0.378 e. The fraction of sp³-hybridized carbons (Fsp3) is 0.333. The SMILES string of the molecule is NC(=O)c1cc2c(N3CCOCC3)cncc2s1. The lowest BCUT2D eigenvalue weighted by Gasteiger charge is -2.29. The lowest BCUT2D eigenvalue weighted by atomic mass is 10.2. The molecule has 3 rings (SSSR count). The molecule has 0 bridgehead atoms. The molecule has 94 valence electrons. The molecule has 0 aromatic carbocycles. The van der Waals surface area contributed by atoms with Crippen molar-refractivity contribution in [2.24, 2.45) is 5.73 Å². The summed E-state index contributed by atoms with van der Waals surface area (Å²) in [5, 5.41) is 1.05. The molecule has 6 heteroatoms. The minimum absolute atomic E-state index is 0.385. The molecule has 0 atom stereocenters. The van der Waals surface area contributed by atoms with E-state index in [0.29, 0.717) is 4.88 Å². The molecule has 2 aromatic rings. The van der Waals surface area contributed by atoms with E-state index in [9.17, 15) is 4.79 Å². The van der Waals surface area contributed by atoms with Gasteiger partial charge in [-0.1, -0.05) is 0 Å². The first-order valence-corrected chi connectivity index (χ1v) is 6.57. The Morgan fingerprint density at radius 2 is 2.17 bits per heavy atom. The molecule has 0 radical (unpaired) electrons. The Balaban J connectivity index is 2.07. The number of carbonyl (C=O) groups is 1. The van der Waals surface area contributed by atoms with Crippen molar-refractivity contribution in [2.75, 3.05) is 31.2 Å². The molecule has 18 heavy (non-hydrogen) atoms. The molecule has 0 spiro atoms. The summed E-state index contributed by atoms with van der Waals surface area (Å²) in [4.78, 5) is 18.3. The highest BCUT2D eigenvalue weighted by Gasteiger charge is 2.16. The van der Waals surface area contributed by atoms with Crippen LogP contribution in [0.1, 0.15) is 9.67 Å². The summed E-state index contributed by atoms with van der Waals surface area (Å²) in [6.07, 6.45) is 3.61. The van der Waals surface area contributed by atoms with Gasteiger partial charge in [0.1, 0.15) is 0 Å². The number of fused-ring (bicyclic) bond motifs is 1. The van der Waals surface area contributed by atoms with E-state index >= 15 is 0 Å². The van der Waals surface area contributed by atoms with Gasteiger partial charge < -0.3 is 15.4 Å². The first kappa shape index (κ1) is 11.4. The van der Waals surface area contributed by atoms with Gasteiger partial charge in [0.05, 0.1) is 34.7 Å². The largest absolute Gasteiger partial charge is 0.378 e. The standard InChI is InChI=1S/C12H13N3O2S/c13-12(16)10-5-8-9(6-14-7-11(8)18-10)15-1-3-17-4-2-15/h5-7H,1-4H2,(H2,13,16). The first-order chi connectivity index (χ1) is 8.75. The van der Waals surface area contributed by atoms with Gasteiger partial charge in [0, 0.05) is 24.7 Å². The van der Waals surface area contributed by atoms with Crippen LogP contribution < -0.4 is 10.6 Å². The van der Waals surface area contributed by atoms with Crippen LogP contribution in [0.4, 0.5) is 5.69 Å². The summed E-state index contributed by atoms with van der Waals surface area (Å²) in [5.41, 5.74) is 6.38. The normalized spacial score (nSPS) is 16.1. The maximum Gasteiger partial charge on any atom is 0.258 e. The van der Waals surface area contributed by atoms with Gasteiger partial charge in [-0.3, -0.25) is 9.78 Å². The third kappa shape index (κ3) is 1.93. The number of nitrogens with zero attached hydrogens (tertiary/aromatic N) is 2. The lowest BCUT2D eigenvalue weighted by Crippen LogP contribution is -2.36. The van der Waals surface area contributed by atoms with Crippen molar-refractivity contribution >= 4 is 33.0 Å². The molecule has 2 aromatic heterocycles. The van der Waals surface area contributed by atoms with Gasteiger partial charge in [0.15, 0.2) is 0 Å². The van der Waals surface area contributed by atoms with E-state index in [1.807, 2.05) is 12.3 Å². The van der Waals surface area contributed by atoms with E-state index in [0.717, 1.165) is 42.1 Å². The Morgan fingerprint density at radius 3 is 2.89 bits per heavy atom. The Morgan fingerprint density at radius 1 is 1.39 bits per heavy atom. The highest BCUT2D eigenvalue weighted by molar-refractivity contribution is 7.20. The number of morpholine rings is 1. The molecular formula is C12H13N3O2S. The maximum atomic E-state index is 11.2. The van der Waals surface area contributed by atoms with Crippen LogP contribution in [-0.4, -0.2) is 37.2 Å². The Kier molecular flexibility index (Phi) is 2.89. The second kappa shape index (κ2) is 4.55. The summed E-state index contributed by atoms with van der Waals surface area (Å²) >= 11 is 1.39. The summed E-state index contributed by atoms with van der Waals surface area (Å²) < 4.78 is 6.34. The van der Waals surface area contributed by atoms with Crippen molar-refractivity contribution in [3.63, 3.8) is 0 Å². The molecule has 2 N–H and O–H groups in total. The van der Waals surface area contributed by atoms with Crippen LogP contribution in [-0.2, 0) is 4.74 Å². The summed E-state index contributed by atoms with van der Waals surface area (Å²) in [6.45, 7) is 3.15. The number of rotatable bonds is 2. The molecule has 1 aliphatic heterocycles. The van der Waals surface area contributed by atoms with Crippen LogP contribution in [0.15, 0.2) is 18.5 Å². The predicted octanol–water partition coefficient (Wildman–Crippen LogP) is 1.23. The van der Waals surface area contributed by atoms with Crippen LogP contribution >= 0.6 is 11.3 Å². The van der Waals surface area contributed by atoms with Crippen LogP contribution in [0.2, 0.25) is 0 Å². The molecule has 3 heterocycles. The molecule has 5 nitrogen and oxygen atoms in total. The van der Waals surface area contributed by atoms with Gasteiger partial charge in [0.25, 0.3) is 5.91 Å². The van der Waals surface area contributed by atoms with Crippen LogP contribution in [0.25, 0.3) is 10.1 Å². The number of carbonyl (C=O) groups excluding carboxylic acids is 1. The summed E-state index contributed by atoms with van der Waals surface area (Å²) in [6, 6.07) is 1.86. The molecule has 0 saturated carbocycles. The van der Waals surface area contributed by atoms with Gasteiger partial charge in [0.2, 0.25) is 0 Å². The maximum absolute atomic E-state index is 11.2. The number of hydrogen-bond donors (Lipinski definition) is 1. The second-order valence-corrected chi connectivity index (χ2v) is 5.23. The fourth-order valence-electron chi connectivity index (χ4n) is 2.12. The Hall–Kier alpha value is -1.66. The number of amides is 1. The zero-order valence-electron chi connectivity index (χ0n) is 9.76. The number of ether oxygens (including phenoxy) is 1. The topological polar surface area (TPSA) is 68.5 Å². The van der Waals surface area contributed by atoms with Crippen molar-refractivity contribution in [3.05, 3.63) is 23.3 Å². The second-order valence-electron chi connectivity index (χ2n) is 4.14. The van der Waals surface area contributed by atoms with E-state index in [-0.39, 0.29) is 5.91 Å². The van der Waals surface area contributed by atoms with E-state index in [1.165, 1.54) is 11.3 Å². The van der Waals surface area contributed by atoms with Crippen molar-refractivity contribution in [1.29, 1.82) is 0 Å². The lowest BCUT2D eigenvalue weighted by molar-refractivity contribution is 0.100. The predicted molar refractivity (Wildman–Crippen MR) is 71.2 cm³/mol. The van der Waals surface area contributed by atoms with Crippen LogP contribution in [0.5, 0.6) is 0 Å². The Labute approximate surface area is 108 Å². The quantitative estimate of drug-likeness (QED) is 0.885. The van der Waals surface area contributed by atoms with Crippen molar-refractivity contribution in [1.82, 2.24) is 4.98 Å². The van der Waals surface area contributed by atoms with Gasteiger partial charge in [-0.15, -0.1) is 11.3 Å². The summed E-state index contributed by atoms with van der Waals surface area (Å²) in [5.74, 6) is -0.385. The van der Waals surface area contributed by atoms with E-state index in [4.69, 9.17) is 10.5 Å². The molecule has 1 amide bonds. The van der Waals surface area contributed by atoms with E-state index < -0.39 is 0 Å². The third-order valence-corrected chi connectivity index (χ3v) is 4.10. The number of primary amides is 1. The number of anilines is 1. The molecule has 1 saturated heterocycles. The Bertz CT molecular complexity index is 590. The first-order valence-electron chi connectivity index (χ1n) is 5.76. The average Bonchev–Trinajstić information content (AvgIpc) is 2.83. The molecule has 1 fully saturated rings. The van der Waals surface area contributed by atoms with Gasteiger partial charge in [-0.2, -0.15) is 0 Å². The molecular weight excluding hydrogens is 250 g/mol. The van der Waals surface area contributed by atoms with Gasteiger partial charge in [-0.05, 0) is 6.07 Å². The van der Waals surface area contributed by atoms with E-state index in [2.05, 4.69) is 9.88 Å². The highest BCUT2D eigenvalue weighted by atomic mass is 32.1. The zero-order chi connectivity index (χ0) is 12.5. The number of nitrogens with two attached hydrogens (primary N) is 1.